The van der Waals surface area contributed by atoms with Gasteiger partial charge in [-0.15, -0.1) is 0 Å². The Morgan fingerprint density at radius 2 is 2.15 bits per heavy atom. The van der Waals surface area contributed by atoms with Gasteiger partial charge in [-0.2, -0.15) is 0 Å². The maximum absolute atomic E-state index is 6.01. The highest BCUT2D eigenvalue weighted by molar-refractivity contribution is 5.59. The number of anilines is 1. The van der Waals surface area contributed by atoms with Gasteiger partial charge in [-0.1, -0.05) is 6.07 Å². The molecule has 2 N–H and O–H groups in total. The molecule has 0 spiro atoms. The molecule has 1 aliphatic heterocycles. The number of hydrogen-bond acceptors (Lipinski definition) is 5. The molecule has 0 unspecified atom stereocenters. The van der Waals surface area contributed by atoms with Gasteiger partial charge in [-0.3, -0.25) is 0 Å². The van der Waals surface area contributed by atoms with Crippen molar-refractivity contribution in [3.63, 3.8) is 0 Å². The van der Waals surface area contributed by atoms with E-state index in [2.05, 4.69) is 15.0 Å². The van der Waals surface area contributed by atoms with Crippen LogP contribution in [0.5, 0.6) is 0 Å². The quantitative estimate of drug-likeness (QED) is 0.722. The smallest absolute Gasteiger partial charge is 0.182 e. The molecule has 4 heterocycles. The number of pyridine rings is 1. The van der Waals surface area contributed by atoms with Gasteiger partial charge < -0.3 is 14.9 Å². The van der Waals surface area contributed by atoms with Crippen LogP contribution in [0, 0.1) is 0 Å². The Morgan fingerprint density at radius 1 is 1.20 bits per heavy atom. The highest BCUT2D eigenvalue weighted by Gasteiger charge is 2.18. The molecule has 0 saturated carbocycles. The van der Waals surface area contributed by atoms with Gasteiger partial charge in [-0.05, 0) is 12.1 Å². The average molecular weight is 267 g/mol. The molecule has 6 nitrogen and oxygen atoms in total. The van der Waals surface area contributed by atoms with Gasteiger partial charge in [0, 0.05) is 24.4 Å². The van der Waals surface area contributed by atoms with E-state index in [1.165, 1.54) is 0 Å². The number of fused-ring (bicyclic) bond motifs is 2. The van der Waals surface area contributed by atoms with E-state index in [9.17, 15) is 0 Å². The number of rotatable bonds is 1. The number of aromatic nitrogens is 4. The summed E-state index contributed by atoms with van der Waals surface area (Å²) in [5.74, 6) is 1.06. The van der Waals surface area contributed by atoms with E-state index in [1.807, 2.05) is 35.0 Å². The average Bonchev–Trinajstić information content (AvgIpc) is 2.91. The normalized spacial score (nSPS) is 14.4. The molecule has 0 atom stereocenters. The third-order valence-corrected chi connectivity index (χ3v) is 3.45. The van der Waals surface area contributed by atoms with Crippen LogP contribution in [0.15, 0.2) is 30.6 Å². The molecule has 3 aromatic rings. The highest BCUT2D eigenvalue weighted by Crippen LogP contribution is 2.24. The molecule has 0 radical (unpaired) electrons. The summed E-state index contributed by atoms with van der Waals surface area (Å²) in [6.45, 7) is 1.17. The van der Waals surface area contributed by atoms with Crippen LogP contribution in [-0.2, 0) is 17.8 Å². The minimum atomic E-state index is 0.488. The fraction of sp³-hybridized carbons (Fsp3) is 0.214. The van der Waals surface area contributed by atoms with Gasteiger partial charge >= 0.3 is 0 Å². The minimum absolute atomic E-state index is 0.488. The monoisotopic (exact) mass is 267 g/mol. The van der Waals surface area contributed by atoms with Crippen LogP contribution in [-0.4, -0.2) is 26.0 Å². The summed E-state index contributed by atoms with van der Waals surface area (Å²) >= 11 is 0. The van der Waals surface area contributed by atoms with Crippen LogP contribution in [0.1, 0.15) is 11.3 Å². The first-order chi connectivity index (χ1) is 9.81. The van der Waals surface area contributed by atoms with Gasteiger partial charge in [0.05, 0.1) is 18.9 Å². The summed E-state index contributed by atoms with van der Waals surface area (Å²) in [6, 6.07) is 5.85. The van der Waals surface area contributed by atoms with Crippen LogP contribution in [0.2, 0.25) is 0 Å². The van der Waals surface area contributed by atoms with Crippen molar-refractivity contribution in [2.45, 2.75) is 13.0 Å². The number of nitrogens with two attached hydrogens (primary N) is 1. The van der Waals surface area contributed by atoms with Gasteiger partial charge in [0.25, 0.3) is 0 Å². The first kappa shape index (κ1) is 11.4. The second-order valence-electron chi connectivity index (χ2n) is 4.75. The van der Waals surface area contributed by atoms with E-state index in [1.54, 1.807) is 0 Å². The molecular formula is C14H13N5O. The minimum Gasteiger partial charge on any atom is -0.383 e. The second-order valence-corrected chi connectivity index (χ2v) is 4.75. The van der Waals surface area contributed by atoms with Crippen LogP contribution < -0.4 is 5.73 Å². The van der Waals surface area contributed by atoms with Crippen molar-refractivity contribution in [3.05, 3.63) is 41.9 Å². The van der Waals surface area contributed by atoms with Gasteiger partial charge in [0.1, 0.15) is 17.2 Å². The van der Waals surface area contributed by atoms with E-state index in [0.29, 0.717) is 24.9 Å². The molecule has 20 heavy (non-hydrogen) atoms. The van der Waals surface area contributed by atoms with Crippen molar-refractivity contribution in [2.24, 2.45) is 0 Å². The molecule has 4 rings (SSSR count). The van der Waals surface area contributed by atoms with E-state index in [4.69, 9.17) is 10.5 Å². The standard InChI is InChI=1S/C14H13N5O/c15-13-9-8-20-6-4-10(9)17-14(18-13)11-7-19-5-2-1-3-12(19)16-11/h1-3,5,7H,4,6,8H2,(H2,15,17,18). The van der Waals surface area contributed by atoms with Crippen LogP contribution in [0.4, 0.5) is 5.82 Å². The Bertz CT molecular complexity index is 762. The lowest BCUT2D eigenvalue weighted by Crippen LogP contribution is -2.16. The van der Waals surface area contributed by atoms with E-state index < -0.39 is 0 Å². The Balaban J connectivity index is 1.87. The maximum Gasteiger partial charge on any atom is 0.182 e. The van der Waals surface area contributed by atoms with Crippen LogP contribution >= 0.6 is 0 Å². The fourth-order valence-electron chi connectivity index (χ4n) is 2.41. The lowest BCUT2D eigenvalue weighted by atomic mass is 10.1. The first-order valence-corrected chi connectivity index (χ1v) is 6.48. The zero-order valence-electron chi connectivity index (χ0n) is 10.8. The zero-order chi connectivity index (χ0) is 13.5. The predicted octanol–water partition coefficient (Wildman–Crippen LogP) is 1.45. The molecule has 0 bridgehead atoms. The van der Waals surface area contributed by atoms with E-state index in [0.717, 1.165) is 29.0 Å². The van der Waals surface area contributed by atoms with Crippen molar-refractivity contribution >= 4 is 11.5 Å². The van der Waals surface area contributed by atoms with E-state index >= 15 is 0 Å². The van der Waals surface area contributed by atoms with Gasteiger partial charge in [0.15, 0.2) is 5.82 Å². The Hall–Kier alpha value is -2.47. The summed E-state index contributed by atoms with van der Waals surface area (Å²) in [6.07, 6.45) is 4.62. The van der Waals surface area contributed by atoms with Gasteiger partial charge in [-0.25, -0.2) is 15.0 Å². The Labute approximate surface area is 115 Å². The Kier molecular flexibility index (Phi) is 2.43. The van der Waals surface area contributed by atoms with Gasteiger partial charge in [0.2, 0.25) is 0 Å². The molecule has 100 valence electrons. The summed E-state index contributed by atoms with van der Waals surface area (Å²) < 4.78 is 7.33. The highest BCUT2D eigenvalue weighted by atomic mass is 16.5. The number of nitrogen functional groups attached to an aromatic ring is 1. The first-order valence-electron chi connectivity index (χ1n) is 6.48. The lowest BCUT2D eigenvalue weighted by Gasteiger charge is -2.17. The molecular weight excluding hydrogens is 254 g/mol. The van der Waals surface area contributed by atoms with E-state index in [-0.39, 0.29) is 0 Å². The number of imidazole rings is 1. The van der Waals surface area contributed by atoms with Crippen molar-refractivity contribution in [1.82, 2.24) is 19.4 Å². The molecule has 0 aromatic carbocycles. The maximum atomic E-state index is 6.01. The Morgan fingerprint density at radius 3 is 3.05 bits per heavy atom. The summed E-state index contributed by atoms with van der Waals surface area (Å²) in [5.41, 5.74) is 9.48. The molecule has 1 aliphatic rings. The number of hydrogen-bond donors (Lipinski definition) is 1. The third kappa shape index (κ3) is 1.73. The molecule has 3 aromatic heterocycles. The van der Waals surface area contributed by atoms with Crippen molar-refractivity contribution in [1.29, 1.82) is 0 Å². The van der Waals surface area contributed by atoms with Crippen LogP contribution in [0.25, 0.3) is 17.2 Å². The predicted molar refractivity (Wildman–Crippen MR) is 74.0 cm³/mol. The zero-order valence-corrected chi connectivity index (χ0v) is 10.8. The molecule has 0 amide bonds. The summed E-state index contributed by atoms with van der Waals surface area (Å²) in [5, 5.41) is 0. The van der Waals surface area contributed by atoms with Crippen molar-refractivity contribution in [3.8, 4) is 11.5 Å². The van der Waals surface area contributed by atoms with Crippen LogP contribution in [0.3, 0.4) is 0 Å². The topological polar surface area (TPSA) is 78.3 Å². The summed E-state index contributed by atoms with van der Waals surface area (Å²) in [4.78, 5) is 13.5. The number of ether oxygens (including phenoxy) is 1. The SMILES string of the molecule is Nc1nc(-c2cn3ccccc3n2)nc2c1COCC2. The second kappa shape index (κ2) is 4.28. The largest absolute Gasteiger partial charge is 0.383 e. The molecule has 0 aliphatic carbocycles. The van der Waals surface area contributed by atoms with Crippen molar-refractivity contribution in [2.75, 3.05) is 12.3 Å². The molecule has 0 saturated heterocycles. The fourth-order valence-corrected chi connectivity index (χ4v) is 2.41. The molecule has 0 fully saturated rings. The third-order valence-electron chi connectivity index (χ3n) is 3.45. The lowest BCUT2D eigenvalue weighted by molar-refractivity contribution is 0.109. The molecule has 6 heteroatoms. The van der Waals surface area contributed by atoms with Crippen molar-refractivity contribution < 1.29 is 4.74 Å². The number of nitrogens with zero attached hydrogens (tertiary/aromatic N) is 4. The summed E-state index contributed by atoms with van der Waals surface area (Å²) in [7, 11) is 0.